The molecule has 21 heavy (non-hydrogen) atoms. The summed E-state index contributed by atoms with van der Waals surface area (Å²) in [7, 11) is 0. The molecule has 0 aliphatic carbocycles. The van der Waals surface area contributed by atoms with E-state index in [0.717, 1.165) is 13.1 Å². The molecule has 0 amide bonds. The van der Waals surface area contributed by atoms with Crippen LogP contribution in [-0.2, 0) is 6.42 Å². The monoisotopic (exact) mass is 306 g/mol. The van der Waals surface area contributed by atoms with Crippen molar-refractivity contribution < 1.29 is 27.5 Å². The molecule has 1 aromatic carbocycles. The highest BCUT2D eigenvalue weighted by molar-refractivity contribution is 5.88. The Morgan fingerprint density at radius 2 is 1.57 bits per heavy atom. The summed E-state index contributed by atoms with van der Waals surface area (Å²) in [6.45, 7) is 3.03. The van der Waals surface area contributed by atoms with Crippen LogP contribution >= 0.6 is 0 Å². The van der Waals surface area contributed by atoms with Crippen LogP contribution in [0.2, 0.25) is 0 Å². The zero-order chi connectivity index (χ0) is 15.6. The van der Waals surface area contributed by atoms with Gasteiger partial charge in [-0.05, 0) is 6.42 Å². The van der Waals surface area contributed by atoms with Gasteiger partial charge in [-0.15, -0.1) is 0 Å². The Morgan fingerprint density at radius 1 is 1.05 bits per heavy atom. The van der Waals surface area contributed by atoms with Crippen molar-refractivity contribution in [2.45, 2.75) is 6.42 Å². The van der Waals surface area contributed by atoms with Crippen molar-refractivity contribution >= 4 is 5.97 Å². The van der Waals surface area contributed by atoms with Crippen molar-refractivity contribution in [2.75, 3.05) is 32.7 Å². The molecule has 0 bridgehead atoms. The van der Waals surface area contributed by atoms with E-state index in [1.807, 2.05) is 4.90 Å². The standard InChI is InChI=1S/C13H14F4N2O2/c14-9-7(1-4-19-5-2-18-3-6-19)10(15)12(17)8(11(9)16)13(20)21/h18H,1-6H2,(H,20,21). The van der Waals surface area contributed by atoms with Crippen LogP contribution < -0.4 is 5.32 Å². The first-order valence-electron chi connectivity index (χ1n) is 6.44. The summed E-state index contributed by atoms with van der Waals surface area (Å²) in [5, 5.41) is 11.7. The fourth-order valence-corrected chi connectivity index (χ4v) is 2.29. The molecular weight excluding hydrogens is 292 g/mol. The van der Waals surface area contributed by atoms with Gasteiger partial charge in [-0.1, -0.05) is 0 Å². The van der Waals surface area contributed by atoms with Gasteiger partial charge in [0.2, 0.25) is 0 Å². The van der Waals surface area contributed by atoms with Gasteiger partial charge in [0, 0.05) is 38.3 Å². The maximum atomic E-state index is 13.7. The quantitative estimate of drug-likeness (QED) is 0.652. The lowest BCUT2D eigenvalue weighted by molar-refractivity contribution is 0.0683. The van der Waals surface area contributed by atoms with Crippen molar-refractivity contribution in [1.82, 2.24) is 10.2 Å². The van der Waals surface area contributed by atoms with Gasteiger partial charge in [0.05, 0.1) is 0 Å². The Morgan fingerprint density at radius 3 is 2.05 bits per heavy atom. The number of hydrogen-bond acceptors (Lipinski definition) is 3. The van der Waals surface area contributed by atoms with Crippen LogP contribution in [-0.4, -0.2) is 48.7 Å². The van der Waals surface area contributed by atoms with E-state index in [1.165, 1.54) is 0 Å². The second kappa shape index (κ2) is 6.40. The van der Waals surface area contributed by atoms with E-state index in [9.17, 15) is 22.4 Å². The molecule has 1 aliphatic heterocycles. The molecule has 0 atom stereocenters. The highest BCUT2D eigenvalue weighted by atomic mass is 19.2. The van der Waals surface area contributed by atoms with Gasteiger partial charge >= 0.3 is 5.97 Å². The zero-order valence-corrected chi connectivity index (χ0v) is 11.1. The van der Waals surface area contributed by atoms with Gasteiger partial charge in [-0.3, -0.25) is 0 Å². The molecule has 116 valence electrons. The fraction of sp³-hybridized carbons (Fsp3) is 0.462. The largest absolute Gasteiger partial charge is 0.477 e. The number of benzene rings is 1. The predicted molar refractivity (Wildman–Crippen MR) is 66.2 cm³/mol. The maximum Gasteiger partial charge on any atom is 0.341 e. The Hall–Kier alpha value is -1.67. The molecule has 1 aromatic rings. The number of aromatic carboxylic acids is 1. The number of piperazine rings is 1. The van der Waals surface area contributed by atoms with Gasteiger partial charge in [0.15, 0.2) is 23.3 Å². The molecular formula is C13H14F4N2O2. The molecule has 0 unspecified atom stereocenters. The van der Waals surface area contributed by atoms with E-state index in [4.69, 9.17) is 5.11 Å². The summed E-state index contributed by atoms with van der Waals surface area (Å²) < 4.78 is 54.5. The number of carboxylic acid groups (broad SMARTS) is 1. The van der Waals surface area contributed by atoms with E-state index >= 15 is 0 Å². The van der Waals surface area contributed by atoms with Gasteiger partial charge in [-0.25, -0.2) is 22.4 Å². The van der Waals surface area contributed by atoms with Crippen molar-refractivity contribution in [2.24, 2.45) is 0 Å². The summed E-state index contributed by atoms with van der Waals surface area (Å²) in [6.07, 6.45) is -0.231. The second-order valence-corrected chi connectivity index (χ2v) is 4.76. The molecule has 8 heteroatoms. The summed E-state index contributed by atoms with van der Waals surface area (Å²) in [5.41, 5.74) is -2.36. The molecule has 2 N–H and O–H groups in total. The lowest BCUT2D eigenvalue weighted by atomic mass is 10.0. The topological polar surface area (TPSA) is 52.6 Å². The molecule has 4 nitrogen and oxygen atoms in total. The molecule has 0 saturated carbocycles. The molecule has 2 rings (SSSR count). The average molecular weight is 306 g/mol. The number of halogens is 4. The summed E-state index contributed by atoms with van der Waals surface area (Å²) in [6, 6.07) is 0. The lowest BCUT2D eigenvalue weighted by Crippen LogP contribution is -2.44. The van der Waals surface area contributed by atoms with Crippen LogP contribution in [0, 0.1) is 23.3 Å². The van der Waals surface area contributed by atoms with Gasteiger partial charge in [0.1, 0.15) is 5.56 Å². The van der Waals surface area contributed by atoms with Crippen molar-refractivity contribution in [1.29, 1.82) is 0 Å². The number of nitrogens with zero attached hydrogens (tertiary/aromatic N) is 1. The summed E-state index contributed by atoms with van der Waals surface area (Å²) in [5.74, 6) is -9.05. The molecule has 0 spiro atoms. The third-order valence-corrected chi connectivity index (χ3v) is 3.46. The Labute approximate surface area is 118 Å². The first-order chi connectivity index (χ1) is 9.93. The number of hydrogen-bond donors (Lipinski definition) is 2. The van der Waals surface area contributed by atoms with Gasteiger partial charge in [0.25, 0.3) is 0 Å². The lowest BCUT2D eigenvalue weighted by Gasteiger charge is -2.27. The molecule has 1 aliphatic rings. The Kier molecular flexibility index (Phi) is 4.79. The van der Waals surface area contributed by atoms with Crippen LogP contribution in [0.15, 0.2) is 0 Å². The zero-order valence-electron chi connectivity index (χ0n) is 11.1. The normalized spacial score (nSPS) is 16.2. The maximum absolute atomic E-state index is 13.7. The minimum absolute atomic E-state index is 0.231. The summed E-state index contributed by atoms with van der Waals surface area (Å²) >= 11 is 0. The number of nitrogens with one attached hydrogen (secondary N) is 1. The van der Waals surface area contributed by atoms with Crippen molar-refractivity contribution in [3.05, 3.63) is 34.4 Å². The first-order valence-corrected chi connectivity index (χ1v) is 6.44. The smallest absolute Gasteiger partial charge is 0.341 e. The van der Waals surface area contributed by atoms with Crippen LogP contribution in [0.3, 0.4) is 0 Å². The molecule has 1 saturated heterocycles. The molecule has 0 aromatic heterocycles. The second-order valence-electron chi connectivity index (χ2n) is 4.76. The third kappa shape index (κ3) is 3.16. The van der Waals surface area contributed by atoms with E-state index in [2.05, 4.69) is 5.32 Å². The van der Waals surface area contributed by atoms with Gasteiger partial charge in [-0.2, -0.15) is 0 Å². The first kappa shape index (κ1) is 15.7. The predicted octanol–water partition coefficient (Wildman–Crippen LogP) is 1.39. The van der Waals surface area contributed by atoms with Crippen LogP contribution in [0.4, 0.5) is 17.6 Å². The van der Waals surface area contributed by atoms with Crippen LogP contribution in [0.1, 0.15) is 15.9 Å². The van der Waals surface area contributed by atoms with E-state index in [1.54, 1.807) is 0 Å². The fourth-order valence-electron chi connectivity index (χ4n) is 2.29. The number of rotatable bonds is 4. The highest BCUT2D eigenvalue weighted by Crippen LogP contribution is 2.24. The highest BCUT2D eigenvalue weighted by Gasteiger charge is 2.29. The Bertz CT molecular complexity index is 531. The summed E-state index contributed by atoms with van der Waals surface area (Å²) in [4.78, 5) is 12.5. The molecule has 1 heterocycles. The number of carbonyl (C=O) groups is 1. The third-order valence-electron chi connectivity index (χ3n) is 3.46. The van der Waals surface area contributed by atoms with E-state index in [-0.39, 0.29) is 13.0 Å². The van der Waals surface area contributed by atoms with E-state index in [0.29, 0.717) is 13.1 Å². The average Bonchev–Trinajstić information content (AvgIpc) is 2.46. The molecule has 0 radical (unpaired) electrons. The van der Waals surface area contributed by atoms with E-state index < -0.39 is 40.4 Å². The Balaban J connectivity index is 2.25. The van der Waals surface area contributed by atoms with Crippen LogP contribution in [0.25, 0.3) is 0 Å². The van der Waals surface area contributed by atoms with Gasteiger partial charge < -0.3 is 15.3 Å². The minimum Gasteiger partial charge on any atom is -0.477 e. The van der Waals surface area contributed by atoms with Crippen molar-refractivity contribution in [3.8, 4) is 0 Å². The SMILES string of the molecule is O=C(O)c1c(F)c(F)c(CCN2CCNCC2)c(F)c1F. The molecule has 1 fully saturated rings. The number of carboxylic acids is 1. The van der Waals surface area contributed by atoms with Crippen molar-refractivity contribution in [3.63, 3.8) is 0 Å². The minimum atomic E-state index is -2.04. The van der Waals surface area contributed by atoms with Crippen LogP contribution in [0.5, 0.6) is 0 Å².